The van der Waals surface area contributed by atoms with Gasteiger partial charge in [-0.25, -0.2) is 0 Å². The Balaban J connectivity index is 1.98. The molecule has 0 bridgehead atoms. The van der Waals surface area contributed by atoms with E-state index in [1.54, 1.807) is 0 Å². The van der Waals surface area contributed by atoms with E-state index < -0.39 is 0 Å². The molecule has 0 aliphatic heterocycles. The molecule has 0 aromatic carbocycles. The first-order valence-corrected chi connectivity index (χ1v) is 8.96. The highest BCUT2D eigenvalue weighted by Crippen LogP contribution is 2.38. The van der Waals surface area contributed by atoms with Gasteiger partial charge in [-0.2, -0.15) is 5.10 Å². The summed E-state index contributed by atoms with van der Waals surface area (Å²) >= 11 is 0. The van der Waals surface area contributed by atoms with E-state index in [0.29, 0.717) is 12.1 Å². The van der Waals surface area contributed by atoms with Crippen LogP contribution in [0.5, 0.6) is 0 Å². The molecule has 21 heavy (non-hydrogen) atoms. The van der Waals surface area contributed by atoms with E-state index in [0.717, 1.165) is 37.6 Å². The Labute approximate surface area is 130 Å². The van der Waals surface area contributed by atoms with Crippen molar-refractivity contribution in [2.24, 2.45) is 11.8 Å². The SMILES string of the molecule is CCCNC(Cc1ccn(C(CC)CC)n1)C(C)C1CC1. The molecule has 3 heteroatoms. The minimum absolute atomic E-state index is 0.557. The van der Waals surface area contributed by atoms with Crippen LogP contribution in [0.4, 0.5) is 0 Å². The molecule has 2 rings (SSSR count). The summed E-state index contributed by atoms with van der Waals surface area (Å²) in [6, 6.07) is 3.36. The Bertz CT molecular complexity index is 404. The zero-order valence-corrected chi connectivity index (χ0v) is 14.3. The van der Waals surface area contributed by atoms with E-state index in [2.05, 4.69) is 50.0 Å². The van der Waals surface area contributed by atoms with Crippen LogP contribution in [0.1, 0.15) is 71.5 Å². The predicted molar refractivity (Wildman–Crippen MR) is 89.5 cm³/mol. The van der Waals surface area contributed by atoms with Gasteiger partial charge in [-0.05, 0) is 56.6 Å². The lowest BCUT2D eigenvalue weighted by atomic mass is 9.93. The Morgan fingerprint density at radius 2 is 2.00 bits per heavy atom. The molecule has 0 radical (unpaired) electrons. The molecule has 0 spiro atoms. The molecule has 1 N–H and O–H groups in total. The molecule has 1 aliphatic rings. The van der Waals surface area contributed by atoms with Crippen LogP contribution in [0, 0.1) is 11.8 Å². The van der Waals surface area contributed by atoms with Gasteiger partial charge in [0.05, 0.1) is 11.7 Å². The van der Waals surface area contributed by atoms with Gasteiger partial charge in [-0.3, -0.25) is 4.68 Å². The molecule has 120 valence electrons. The van der Waals surface area contributed by atoms with Gasteiger partial charge in [-0.1, -0.05) is 27.7 Å². The molecular weight excluding hydrogens is 258 g/mol. The number of aromatic nitrogens is 2. The second-order valence-corrected chi connectivity index (χ2v) is 6.72. The second-order valence-electron chi connectivity index (χ2n) is 6.72. The molecule has 3 nitrogen and oxygen atoms in total. The van der Waals surface area contributed by atoms with Gasteiger partial charge in [0.25, 0.3) is 0 Å². The Kier molecular flexibility index (Phi) is 6.28. The van der Waals surface area contributed by atoms with Gasteiger partial charge < -0.3 is 5.32 Å². The van der Waals surface area contributed by atoms with E-state index in [1.165, 1.54) is 25.0 Å². The maximum atomic E-state index is 4.84. The first kappa shape index (κ1) is 16.5. The molecule has 2 unspecified atom stereocenters. The number of hydrogen-bond acceptors (Lipinski definition) is 2. The van der Waals surface area contributed by atoms with Crippen molar-refractivity contribution >= 4 is 0 Å². The molecule has 0 amide bonds. The summed E-state index contributed by atoms with van der Waals surface area (Å²) in [7, 11) is 0. The highest BCUT2D eigenvalue weighted by Gasteiger charge is 2.33. The van der Waals surface area contributed by atoms with E-state index in [9.17, 15) is 0 Å². The molecule has 2 atom stereocenters. The average Bonchev–Trinajstić information content (AvgIpc) is 3.25. The smallest absolute Gasteiger partial charge is 0.0640 e. The molecule has 1 heterocycles. The fraction of sp³-hybridized carbons (Fsp3) is 0.833. The van der Waals surface area contributed by atoms with Crippen LogP contribution in [-0.2, 0) is 6.42 Å². The quantitative estimate of drug-likeness (QED) is 0.700. The van der Waals surface area contributed by atoms with Crippen molar-refractivity contribution in [2.75, 3.05) is 6.54 Å². The van der Waals surface area contributed by atoms with Crippen LogP contribution in [-0.4, -0.2) is 22.4 Å². The molecule has 1 saturated carbocycles. The standard InChI is InChI=1S/C18H33N3/c1-5-11-19-18(14(4)15-8-9-15)13-16-10-12-21(20-16)17(6-2)7-3/h10,12,14-15,17-19H,5-9,11,13H2,1-4H3. The van der Waals surface area contributed by atoms with Crippen molar-refractivity contribution in [1.82, 2.24) is 15.1 Å². The summed E-state index contributed by atoms with van der Waals surface area (Å²) in [5, 5.41) is 8.60. The second kappa shape index (κ2) is 7.98. The number of nitrogens with zero attached hydrogens (tertiary/aromatic N) is 2. The lowest BCUT2D eigenvalue weighted by Crippen LogP contribution is -2.38. The van der Waals surface area contributed by atoms with Crippen molar-refractivity contribution in [2.45, 2.75) is 78.3 Å². The van der Waals surface area contributed by atoms with Crippen LogP contribution in [0.3, 0.4) is 0 Å². The summed E-state index contributed by atoms with van der Waals surface area (Å²) in [5.41, 5.74) is 1.25. The molecule has 1 aliphatic carbocycles. The fourth-order valence-electron chi connectivity index (χ4n) is 3.30. The molecule has 1 aromatic heterocycles. The van der Waals surface area contributed by atoms with Gasteiger partial charge in [0.15, 0.2) is 0 Å². The zero-order chi connectivity index (χ0) is 15.2. The Hall–Kier alpha value is -0.830. The average molecular weight is 291 g/mol. The number of nitrogens with one attached hydrogen (secondary N) is 1. The topological polar surface area (TPSA) is 29.9 Å². The summed E-state index contributed by atoms with van der Waals surface area (Å²) in [4.78, 5) is 0. The first-order valence-electron chi connectivity index (χ1n) is 8.96. The van der Waals surface area contributed by atoms with Crippen molar-refractivity contribution in [1.29, 1.82) is 0 Å². The van der Waals surface area contributed by atoms with Crippen molar-refractivity contribution in [3.8, 4) is 0 Å². The van der Waals surface area contributed by atoms with E-state index in [-0.39, 0.29) is 0 Å². The largest absolute Gasteiger partial charge is 0.313 e. The third-order valence-corrected chi connectivity index (χ3v) is 5.07. The molecular formula is C18H33N3. The Morgan fingerprint density at radius 3 is 2.57 bits per heavy atom. The third kappa shape index (κ3) is 4.57. The summed E-state index contributed by atoms with van der Waals surface area (Å²) < 4.78 is 2.17. The maximum absolute atomic E-state index is 4.84. The van der Waals surface area contributed by atoms with Crippen LogP contribution in [0.2, 0.25) is 0 Å². The molecule has 0 saturated heterocycles. The van der Waals surface area contributed by atoms with E-state index in [1.807, 2.05) is 0 Å². The minimum Gasteiger partial charge on any atom is -0.313 e. The van der Waals surface area contributed by atoms with Gasteiger partial charge >= 0.3 is 0 Å². The molecule has 1 aromatic rings. The monoisotopic (exact) mass is 291 g/mol. The van der Waals surface area contributed by atoms with Gasteiger partial charge in [0, 0.05) is 18.7 Å². The van der Waals surface area contributed by atoms with Gasteiger partial charge in [-0.15, -0.1) is 0 Å². The predicted octanol–water partition coefficient (Wildman–Crippen LogP) is 4.20. The third-order valence-electron chi connectivity index (χ3n) is 5.07. The summed E-state index contributed by atoms with van der Waals surface area (Å²) in [6.45, 7) is 10.3. The van der Waals surface area contributed by atoms with Crippen LogP contribution < -0.4 is 5.32 Å². The molecule has 1 fully saturated rings. The lowest BCUT2D eigenvalue weighted by molar-refractivity contribution is 0.335. The van der Waals surface area contributed by atoms with Crippen molar-refractivity contribution < 1.29 is 0 Å². The van der Waals surface area contributed by atoms with Crippen LogP contribution >= 0.6 is 0 Å². The van der Waals surface area contributed by atoms with Crippen molar-refractivity contribution in [3.63, 3.8) is 0 Å². The van der Waals surface area contributed by atoms with E-state index >= 15 is 0 Å². The van der Waals surface area contributed by atoms with Gasteiger partial charge in [0.2, 0.25) is 0 Å². The van der Waals surface area contributed by atoms with Crippen LogP contribution in [0.25, 0.3) is 0 Å². The minimum atomic E-state index is 0.557. The Morgan fingerprint density at radius 1 is 1.29 bits per heavy atom. The van der Waals surface area contributed by atoms with Gasteiger partial charge in [0.1, 0.15) is 0 Å². The van der Waals surface area contributed by atoms with Crippen molar-refractivity contribution in [3.05, 3.63) is 18.0 Å². The van der Waals surface area contributed by atoms with Crippen LogP contribution in [0.15, 0.2) is 12.3 Å². The first-order chi connectivity index (χ1) is 10.2. The summed E-state index contributed by atoms with van der Waals surface area (Å²) in [6.07, 6.45) is 9.62. The maximum Gasteiger partial charge on any atom is 0.0640 e. The lowest BCUT2D eigenvalue weighted by Gasteiger charge is -2.24. The highest BCUT2D eigenvalue weighted by atomic mass is 15.3. The highest BCUT2D eigenvalue weighted by molar-refractivity contribution is 5.04. The zero-order valence-electron chi connectivity index (χ0n) is 14.3. The normalized spacial score (nSPS) is 18.1. The fourth-order valence-corrected chi connectivity index (χ4v) is 3.30. The van der Waals surface area contributed by atoms with E-state index in [4.69, 9.17) is 5.10 Å². The summed E-state index contributed by atoms with van der Waals surface area (Å²) in [5.74, 6) is 1.72. The number of hydrogen-bond donors (Lipinski definition) is 1. The number of rotatable bonds is 10.